The number of likely N-dealkylation sites (tertiary alicyclic amines) is 1. The summed E-state index contributed by atoms with van der Waals surface area (Å²) in [4.78, 5) is 15.7. The monoisotopic (exact) mass is 320 g/mol. The number of amides is 1. The topological polar surface area (TPSA) is 41.6 Å². The molecular weight excluding hydrogens is 296 g/mol. The second-order valence-electron chi connectivity index (χ2n) is 6.22. The molecule has 1 aliphatic heterocycles. The molecule has 1 heterocycles. The van der Waals surface area contributed by atoms with Crippen molar-refractivity contribution in [2.24, 2.45) is 5.92 Å². The highest BCUT2D eigenvalue weighted by atomic mass is 32.2. The lowest BCUT2D eigenvalue weighted by Gasteiger charge is -2.16. The molecular formula is C17H24N2O2S. The Morgan fingerprint density at radius 2 is 2.27 bits per heavy atom. The van der Waals surface area contributed by atoms with Gasteiger partial charge in [-0.15, -0.1) is 11.8 Å². The van der Waals surface area contributed by atoms with Crippen LogP contribution in [-0.2, 0) is 4.79 Å². The van der Waals surface area contributed by atoms with Gasteiger partial charge in [-0.05, 0) is 43.4 Å². The van der Waals surface area contributed by atoms with Gasteiger partial charge < -0.3 is 15.0 Å². The maximum Gasteiger partial charge on any atom is 0.230 e. The third-order valence-electron chi connectivity index (χ3n) is 4.26. The standard InChI is InChI=1S/C17H24N2O2S/c1-21-15-3-2-4-16(9-15)22-12-17(20)18-14-7-8-19(11-14)10-13-5-6-13/h2-4,9,13-14H,5-8,10-12H2,1H3,(H,18,20). The Balaban J connectivity index is 1.38. The van der Waals surface area contributed by atoms with E-state index in [4.69, 9.17) is 4.74 Å². The fourth-order valence-corrected chi connectivity index (χ4v) is 3.65. The van der Waals surface area contributed by atoms with Crippen LogP contribution in [0.15, 0.2) is 29.2 Å². The number of benzene rings is 1. The molecule has 1 atom stereocenters. The molecule has 22 heavy (non-hydrogen) atoms. The molecule has 1 unspecified atom stereocenters. The van der Waals surface area contributed by atoms with E-state index in [0.717, 1.165) is 36.1 Å². The van der Waals surface area contributed by atoms with Gasteiger partial charge in [0.25, 0.3) is 0 Å². The van der Waals surface area contributed by atoms with E-state index in [-0.39, 0.29) is 5.91 Å². The van der Waals surface area contributed by atoms with Gasteiger partial charge in [0.2, 0.25) is 5.91 Å². The first-order chi connectivity index (χ1) is 10.7. The van der Waals surface area contributed by atoms with Crippen LogP contribution in [0.5, 0.6) is 5.75 Å². The van der Waals surface area contributed by atoms with Crippen molar-refractivity contribution >= 4 is 17.7 Å². The summed E-state index contributed by atoms with van der Waals surface area (Å²) in [6, 6.07) is 8.17. The van der Waals surface area contributed by atoms with E-state index in [9.17, 15) is 4.79 Å². The number of ether oxygens (including phenoxy) is 1. The number of rotatable bonds is 7. The fourth-order valence-electron chi connectivity index (χ4n) is 2.89. The minimum Gasteiger partial charge on any atom is -0.497 e. The number of hydrogen-bond acceptors (Lipinski definition) is 4. The first kappa shape index (κ1) is 15.7. The van der Waals surface area contributed by atoms with Gasteiger partial charge in [-0.1, -0.05) is 6.07 Å². The number of carbonyl (C=O) groups excluding carboxylic acids is 1. The molecule has 0 radical (unpaired) electrons. The number of methoxy groups -OCH3 is 1. The molecule has 1 aromatic carbocycles. The van der Waals surface area contributed by atoms with Crippen molar-refractivity contribution in [3.8, 4) is 5.75 Å². The van der Waals surface area contributed by atoms with E-state index in [2.05, 4.69) is 10.2 Å². The summed E-state index contributed by atoms with van der Waals surface area (Å²) in [5.74, 6) is 2.35. The summed E-state index contributed by atoms with van der Waals surface area (Å²) in [5.41, 5.74) is 0. The summed E-state index contributed by atoms with van der Waals surface area (Å²) in [7, 11) is 1.66. The van der Waals surface area contributed by atoms with Gasteiger partial charge in [0.1, 0.15) is 5.75 Å². The van der Waals surface area contributed by atoms with Crippen LogP contribution in [0.2, 0.25) is 0 Å². The van der Waals surface area contributed by atoms with Gasteiger partial charge >= 0.3 is 0 Å². The van der Waals surface area contributed by atoms with Crippen LogP contribution >= 0.6 is 11.8 Å². The Hall–Kier alpha value is -1.20. The molecule has 1 amide bonds. The molecule has 0 aromatic heterocycles. The van der Waals surface area contributed by atoms with E-state index >= 15 is 0 Å². The zero-order valence-corrected chi connectivity index (χ0v) is 13.9. The Labute approximate surface area is 136 Å². The van der Waals surface area contributed by atoms with Gasteiger partial charge in [0.05, 0.1) is 12.9 Å². The molecule has 0 bridgehead atoms. The lowest BCUT2D eigenvalue weighted by Crippen LogP contribution is -2.38. The second-order valence-corrected chi connectivity index (χ2v) is 7.27. The summed E-state index contributed by atoms with van der Waals surface area (Å²) in [6.07, 6.45) is 3.87. The highest BCUT2D eigenvalue weighted by Gasteiger charge is 2.29. The van der Waals surface area contributed by atoms with Crippen LogP contribution in [0.25, 0.3) is 0 Å². The number of carbonyl (C=O) groups is 1. The van der Waals surface area contributed by atoms with E-state index < -0.39 is 0 Å². The molecule has 120 valence electrons. The fraction of sp³-hybridized carbons (Fsp3) is 0.588. The highest BCUT2D eigenvalue weighted by Crippen LogP contribution is 2.30. The normalized spacial score (nSPS) is 21.8. The minimum atomic E-state index is 0.131. The molecule has 5 heteroatoms. The van der Waals surface area contributed by atoms with Gasteiger partial charge in [-0.3, -0.25) is 4.79 Å². The van der Waals surface area contributed by atoms with E-state index in [1.807, 2.05) is 24.3 Å². The highest BCUT2D eigenvalue weighted by molar-refractivity contribution is 8.00. The van der Waals surface area contributed by atoms with Crippen LogP contribution in [0.3, 0.4) is 0 Å². The average molecular weight is 320 g/mol. The van der Waals surface area contributed by atoms with Crippen molar-refractivity contribution in [1.29, 1.82) is 0 Å². The number of hydrogen-bond donors (Lipinski definition) is 1. The van der Waals surface area contributed by atoms with Crippen LogP contribution in [0.1, 0.15) is 19.3 Å². The van der Waals surface area contributed by atoms with Crippen molar-refractivity contribution in [2.45, 2.75) is 30.2 Å². The summed E-state index contributed by atoms with van der Waals surface area (Å²) in [6.45, 7) is 3.38. The van der Waals surface area contributed by atoms with Gasteiger partial charge in [-0.25, -0.2) is 0 Å². The maximum atomic E-state index is 12.1. The number of thioether (sulfide) groups is 1. The molecule has 1 aromatic rings. The average Bonchev–Trinajstić information content (AvgIpc) is 3.24. The predicted molar refractivity (Wildman–Crippen MR) is 89.4 cm³/mol. The Kier molecular flexibility index (Phi) is 5.26. The second kappa shape index (κ2) is 7.38. The predicted octanol–water partition coefficient (Wildman–Crippen LogP) is 2.39. The quantitative estimate of drug-likeness (QED) is 0.783. The van der Waals surface area contributed by atoms with Crippen molar-refractivity contribution in [3.63, 3.8) is 0 Å². The summed E-state index contributed by atoms with van der Waals surface area (Å²) < 4.78 is 5.20. The smallest absolute Gasteiger partial charge is 0.230 e. The maximum absolute atomic E-state index is 12.1. The Morgan fingerprint density at radius 1 is 1.41 bits per heavy atom. The zero-order valence-electron chi connectivity index (χ0n) is 13.1. The molecule has 2 fully saturated rings. The Morgan fingerprint density at radius 3 is 3.05 bits per heavy atom. The van der Waals surface area contributed by atoms with E-state index in [0.29, 0.717) is 11.8 Å². The van der Waals surface area contributed by atoms with Crippen LogP contribution in [0, 0.1) is 5.92 Å². The SMILES string of the molecule is COc1cccc(SCC(=O)NC2CCN(CC3CC3)C2)c1. The van der Waals surface area contributed by atoms with E-state index in [1.165, 1.54) is 19.4 Å². The molecule has 2 aliphatic rings. The van der Waals surface area contributed by atoms with Crippen LogP contribution in [-0.4, -0.2) is 49.3 Å². The third-order valence-corrected chi connectivity index (χ3v) is 5.26. The Bertz CT molecular complexity index is 519. The number of nitrogens with one attached hydrogen (secondary N) is 1. The molecule has 1 saturated heterocycles. The zero-order chi connectivity index (χ0) is 15.4. The van der Waals surface area contributed by atoms with Crippen LogP contribution < -0.4 is 10.1 Å². The molecule has 1 saturated carbocycles. The summed E-state index contributed by atoms with van der Waals surface area (Å²) >= 11 is 1.56. The van der Waals surface area contributed by atoms with Crippen molar-refractivity contribution in [3.05, 3.63) is 24.3 Å². The van der Waals surface area contributed by atoms with Gasteiger partial charge in [0, 0.05) is 30.6 Å². The number of nitrogens with zero attached hydrogens (tertiary/aromatic N) is 1. The lowest BCUT2D eigenvalue weighted by molar-refractivity contribution is -0.119. The van der Waals surface area contributed by atoms with Gasteiger partial charge in [0.15, 0.2) is 0 Å². The molecule has 4 nitrogen and oxygen atoms in total. The van der Waals surface area contributed by atoms with E-state index in [1.54, 1.807) is 18.9 Å². The van der Waals surface area contributed by atoms with Crippen molar-refractivity contribution in [1.82, 2.24) is 10.2 Å². The summed E-state index contributed by atoms with van der Waals surface area (Å²) in [5, 5.41) is 3.17. The lowest BCUT2D eigenvalue weighted by atomic mass is 10.2. The minimum absolute atomic E-state index is 0.131. The molecule has 1 aliphatic carbocycles. The molecule has 0 spiro atoms. The molecule has 1 N–H and O–H groups in total. The largest absolute Gasteiger partial charge is 0.497 e. The first-order valence-electron chi connectivity index (χ1n) is 8.01. The van der Waals surface area contributed by atoms with Gasteiger partial charge in [-0.2, -0.15) is 0 Å². The van der Waals surface area contributed by atoms with Crippen LogP contribution in [0.4, 0.5) is 0 Å². The van der Waals surface area contributed by atoms with Crippen molar-refractivity contribution < 1.29 is 9.53 Å². The van der Waals surface area contributed by atoms with Crippen molar-refractivity contribution in [2.75, 3.05) is 32.5 Å². The first-order valence-corrected chi connectivity index (χ1v) is 9.00. The third kappa shape index (κ3) is 4.65. The molecule has 3 rings (SSSR count).